The zero-order chi connectivity index (χ0) is 12.4. The van der Waals surface area contributed by atoms with E-state index in [0.29, 0.717) is 12.1 Å². The van der Waals surface area contributed by atoms with Crippen molar-refractivity contribution >= 4 is 5.91 Å². The van der Waals surface area contributed by atoms with Gasteiger partial charge < -0.3 is 10.3 Å². The third-order valence-corrected chi connectivity index (χ3v) is 2.52. The smallest absolute Gasteiger partial charge is 0.250 e. The molecule has 4 nitrogen and oxygen atoms in total. The molecule has 2 rings (SSSR count). The van der Waals surface area contributed by atoms with Crippen LogP contribution < -0.4 is 5.73 Å². The topological polar surface area (TPSA) is 60.9 Å². The summed E-state index contributed by atoms with van der Waals surface area (Å²) in [6.07, 6.45) is 4.06. The molecule has 1 heterocycles. The van der Waals surface area contributed by atoms with Gasteiger partial charge in [-0.3, -0.25) is 4.79 Å². The van der Waals surface area contributed by atoms with Crippen LogP contribution in [0.2, 0.25) is 0 Å². The highest BCUT2D eigenvalue weighted by Crippen LogP contribution is 2.17. The largest absolute Gasteiger partial charge is 0.366 e. The zero-order valence-electron chi connectivity index (χ0n) is 9.35. The Morgan fingerprint density at radius 3 is 2.94 bits per heavy atom. The number of halogens is 1. The standard InChI is InChI=1S/C12H12FN3O/c1-2-11-15-5-6-16(11)10-4-3-8(13)7-9(10)12(14)17/h3-7H,2H2,1H3,(H2,14,17). The molecular weight excluding hydrogens is 221 g/mol. The fourth-order valence-corrected chi connectivity index (χ4v) is 1.73. The lowest BCUT2D eigenvalue weighted by Gasteiger charge is -2.10. The van der Waals surface area contributed by atoms with Crippen molar-refractivity contribution in [2.75, 3.05) is 0 Å². The molecule has 2 N–H and O–H groups in total. The molecule has 0 aliphatic carbocycles. The van der Waals surface area contributed by atoms with E-state index in [1.807, 2.05) is 6.92 Å². The van der Waals surface area contributed by atoms with Crippen molar-refractivity contribution in [3.63, 3.8) is 0 Å². The van der Waals surface area contributed by atoms with Gasteiger partial charge in [0, 0.05) is 18.8 Å². The maximum atomic E-state index is 13.1. The summed E-state index contributed by atoms with van der Waals surface area (Å²) < 4.78 is 14.8. The Bertz CT molecular complexity index is 563. The van der Waals surface area contributed by atoms with Crippen LogP contribution in [0.1, 0.15) is 23.1 Å². The molecule has 0 atom stereocenters. The summed E-state index contributed by atoms with van der Waals surface area (Å²) in [6.45, 7) is 1.95. The highest BCUT2D eigenvalue weighted by molar-refractivity contribution is 5.96. The van der Waals surface area contributed by atoms with Crippen molar-refractivity contribution in [2.24, 2.45) is 5.73 Å². The molecule has 0 fully saturated rings. The predicted molar refractivity (Wildman–Crippen MR) is 61.4 cm³/mol. The SMILES string of the molecule is CCc1nccn1-c1ccc(F)cc1C(N)=O. The summed E-state index contributed by atoms with van der Waals surface area (Å²) in [5.74, 6) is -0.352. The minimum Gasteiger partial charge on any atom is -0.366 e. The number of nitrogens with two attached hydrogens (primary N) is 1. The average molecular weight is 233 g/mol. The van der Waals surface area contributed by atoms with E-state index in [1.54, 1.807) is 17.0 Å². The van der Waals surface area contributed by atoms with Crippen molar-refractivity contribution in [1.29, 1.82) is 0 Å². The maximum absolute atomic E-state index is 13.1. The molecule has 0 bridgehead atoms. The zero-order valence-corrected chi connectivity index (χ0v) is 9.35. The van der Waals surface area contributed by atoms with Gasteiger partial charge in [-0.2, -0.15) is 0 Å². The van der Waals surface area contributed by atoms with E-state index >= 15 is 0 Å². The molecule has 5 heteroatoms. The maximum Gasteiger partial charge on any atom is 0.250 e. The molecule has 1 aromatic carbocycles. The fourth-order valence-electron chi connectivity index (χ4n) is 1.73. The highest BCUT2D eigenvalue weighted by atomic mass is 19.1. The van der Waals surface area contributed by atoms with Crippen LogP contribution in [-0.4, -0.2) is 15.5 Å². The minimum absolute atomic E-state index is 0.151. The second-order valence-electron chi connectivity index (χ2n) is 3.59. The van der Waals surface area contributed by atoms with Gasteiger partial charge in [-0.1, -0.05) is 6.92 Å². The van der Waals surface area contributed by atoms with E-state index < -0.39 is 11.7 Å². The van der Waals surface area contributed by atoms with Crippen molar-refractivity contribution in [1.82, 2.24) is 9.55 Å². The first-order chi connectivity index (χ1) is 8.13. The van der Waals surface area contributed by atoms with E-state index in [0.717, 1.165) is 11.9 Å². The van der Waals surface area contributed by atoms with Crippen LogP contribution in [0.5, 0.6) is 0 Å². The molecular formula is C12H12FN3O. The van der Waals surface area contributed by atoms with E-state index in [4.69, 9.17) is 5.73 Å². The van der Waals surface area contributed by atoms with Gasteiger partial charge in [0.25, 0.3) is 5.91 Å². The van der Waals surface area contributed by atoms with Crippen LogP contribution in [0, 0.1) is 5.82 Å². The molecule has 1 amide bonds. The molecule has 17 heavy (non-hydrogen) atoms. The van der Waals surface area contributed by atoms with E-state index in [-0.39, 0.29) is 5.56 Å². The Hall–Kier alpha value is -2.17. The Balaban J connectivity index is 2.63. The minimum atomic E-state index is -0.657. The van der Waals surface area contributed by atoms with E-state index in [9.17, 15) is 9.18 Å². The molecule has 0 saturated heterocycles. The van der Waals surface area contributed by atoms with Crippen LogP contribution in [0.4, 0.5) is 4.39 Å². The first-order valence-electron chi connectivity index (χ1n) is 5.25. The number of aryl methyl sites for hydroxylation is 1. The average Bonchev–Trinajstić information content (AvgIpc) is 2.76. The first kappa shape index (κ1) is 11.3. The predicted octanol–water partition coefficient (Wildman–Crippen LogP) is 1.67. The van der Waals surface area contributed by atoms with Crippen LogP contribution in [0.25, 0.3) is 5.69 Å². The molecule has 2 aromatic rings. The lowest BCUT2D eigenvalue weighted by Crippen LogP contribution is -2.15. The molecule has 0 radical (unpaired) electrons. The van der Waals surface area contributed by atoms with Gasteiger partial charge in [0.15, 0.2) is 0 Å². The number of amides is 1. The van der Waals surface area contributed by atoms with Crippen molar-refractivity contribution in [3.8, 4) is 5.69 Å². The number of imidazole rings is 1. The van der Waals surface area contributed by atoms with Crippen LogP contribution in [0.15, 0.2) is 30.6 Å². The number of carbonyl (C=O) groups is 1. The third kappa shape index (κ3) is 2.04. The van der Waals surface area contributed by atoms with Gasteiger partial charge in [-0.15, -0.1) is 0 Å². The Morgan fingerprint density at radius 2 is 2.29 bits per heavy atom. The fraction of sp³-hybridized carbons (Fsp3) is 0.167. The van der Waals surface area contributed by atoms with Gasteiger partial charge in [0.05, 0.1) is 11.3 Å². The Morgan fingerprint density at radius 1 is 1.53 bits per heavy atom. The summed E-state index contributed by atoms with van der Waals surface area (Å²) in [7, 11) is 0. The second kappa shape index (κ2) is 4.37. The highest BCUT2D eigenvalue weighted by Gasteiger charge is 2.13. The number of hydrogen-bond acceptors (Lipinski definition) is 2. The number of benzene rings is 1. The first-order valence-corrected chi connectivity index (χ1v) is 5.25. The van der Waals surface area contributed by atoms with Gasteiger partial charge in [0.2, 0.25) is 0 Å². The number of carbonyl (C=O) groups excluding carboxylic acids is 1. The molecule has 0 aliphatic rings. The lowest BCUT2D eigenvalue weighted by molar-refractivity contribution is 0.1000. The van der Waals surface area contributed by atoms with Crippen molar-refractivity contribution in [2.45, 2.75) is 13.3 Å². The van der Waals surface area contributed by atoms with Crippen LogP contribution in [-0.2, 0) is 6.42 Å². The van der Waals surface area contributed by atoms with Crippen molar-refractivity contribution in [3.05, 3.63) is 47.8 Å². The van der Waals surface area contributed by atoms with Gasteiger partial charge in [-0.25, -0.2) is 9.37 Å². The summed E-state index contributed by atoms with van der Waals surface area (Å²) in [6, 6.07) is 3.95. The Kier molecular flexibility index (Phi) is 2.91. The van der Waals surface area contributed by atoms with Gasteiger partial charge in [-0.05, 0) is 18.2 Å². The normalized spacial score (nSPS) is 10.5. The summed E-state index contributed by atoms with van der Waals surface area (Å²) in [5, 5.41) is 0. The lowest BCUT2D eigenvalue weighted by atomic mass is 10.1. The monoisotopic (exact) mass is 233 g/mol. The number of nitrogens with zero attached hydrogens (tertiary/aromatic N) is 2. The van der Waals surface area contributed by atoms with E-state index in [2.05, 4.69) is 4.98 Å². The molecule has 88 valence electrons. The molecule has 0 unspecified atom stereocenters. The third-order valence-electron chi connectivity index (χ3n) is 2.52. The quantitative estimate of drug-likeness (QED) is 0.876. The number of rotatable bonds is 3. The molecule has 0 aliphatic heterocycles. The van der Waals surface area contributed by atoms with Crippen molar-refractivity contribution < 1.29 is 9.18 Å². The second-order valence-corrected chi connectivity index (χ2v) is 3.59. The number of hydrogen-bond donors (Lipinski definition) is 1. The summed E-state index contributed by atoms with van der Waals surface area (Å²) in [4.78, 5) is 15.4. The van der Waals surface area contributed by atoms with Crippen LogP contribution >= 0.6 is 0 Å². The molecule has 0 saturated carbocycles. The summed E-state index contributed by atoms with van der Waals surface area (Å²) in [5.41, 5.74) is 5.94. The van der Waals surface area contributed by atoms with Gasteiger partial charge in [0.1, 0.15) is 11.6 Å². The molecule has 0 spiro atoms. The molecule has 1 aromatic heterocycles. The number of primary amides is 1. The van der Waals surface area contributed by atoms with Crippen LogP contribution in [0.3, 0.4) is 0 Å². The number of aromatic nitrogens is 2. The van der Waals surface area contributed by atoms with Gasteiger partial charge >= 0.3 is 0 Å². The summed E-state index contributed by atoms with van der Waals surface area (Å²) >= 11 is 0. The Labute approximate surface area is 97.9 Å². The van der Waals surface area contributed by atoms with E-state index in [1.165, 1.54) is 12.1 Å².